The Morgan fingerprint density at radius 3 is 2.75 bits per heavy atom. The van der Waals surface area contributed by atoms with Gasteiger partial charge in [0.05, 0.1) is 6.54 Å². The van der Waals surface area contributed by atoms with E-state index in [9.17, 15) is 0 Å². The van der Waals surface area contributed by atoms with E-state index in [1.165, 1.54) is 24.1 Å². The molecule has 1 aliphatic rings. The lowest BCUT2D eigenvalue weighted by Crippen LogP contribution is -2.21. The van der Waals surface area contributed by atoms with Gasteiger partial charge in [-0.2, -0.15) is 0 Å². The fourth-order valence-corrected chi connectivity index (χ4v) is 2.88. The van der Waals surface area contributed by atoms with E-state index in [1.54, 1.807) is 6.33 Å². The Kier molecular flexibility index (Phi) is 3.99. The lowest BCUT2D eigenvalue weighted by molar-refractivity contribution is 0.703. The van der Waals surface area contributed by atoms with Gasteiger partial charge >= 0.3 is 0 Å². The van der Waals surface area contributed by atoms with Gasteiger partial charge in [0.1, 0.15) is 18.0 Å². The van der Waals surface area contributed by atoms with Crippen molar-refractivity contribution in [2.24, 2.45) is 0 Å². The smallest absolute Gasteiger partial charge is 0.132 e. The van der Waals surface area contributed by atoms with E-state index in [2.05, 4.69) is 61.8 Å². The van der Waals surface area contributed by atoms with E-state index < -0.39 is 0 Å². The normalized spacial score (nSPS) is 13.9. The number of imidazole rings is 1. The standard InChI is InChI=1S/C19H21N5/c1-23(18-11-17(16-7-8-16)21-14-22-18)13-19-20-9-10-24(19)12-15-5-3-2-4-6-15/h2-6,9-11,14,16H,7-8,12-13H2,1H3. The van der Waals surface area contributed by atoms with Crippen LogP contribution in [0.3, 0.4) is 0 Å². The molecule has 3 aromatic rings. The van der Waals surface area contributed by atoms with Crippen molar-refractivity contribution < 1.29 is 0 Å². The SMILES string of the molecule is CN(Cc1nccn1Cc1ccccc1)c1cc(C2CC2)ncn1. The predicted molar refractivity (Wildman–Crippen MR) is 93.9 cm³/mol. The van der Waals surface area contributed by atoms with E-state index in [4.69, 9.17) is 0 Å². The molecular formula is C19H21N5. The van der Waals surface area contributed by atoms with E-state index in [0.717, 1.165) is 24.7 Å². The van der Waals surface area contributed by atoms with Gasteiger partial charge in [-0.3, -0.25) is 0 Å². The summed E-state index contributed by atoms with van der Waals surface area (Å²) in [5.74, 6) is 2.63. The van der Waals surface area contributed by atoms with Crippen LogP contribution in [0.1, 0.15) is 35.8 Å². The number of aromatic nitrogens is 4. The quantitative estimate of drug-likeness (QED) is 0.700. The van der Waals surface area contributed by atoms with Crippen molar-refractivity contribution in [1.29, 1.82) is 0 Å². The van der Waals surface area contributed by atoms with Gasteiger partial charge in [-0.05, 0) is 18.4 Å². The van der Waals surface area contributed by atoms with Gasteiger partial charge in [-0.15, -0.1) is 0 Å². The molecule has 0 N–H and O–H groups in total. The lowest BCUT2D eigenvalue weighted by Gasteiger charge is -2.19. The molecule has 0 saturated heterocycles. The van der Waals surface area contributed by atoms with Crippen LogP contribution in [-0.2, 0) is 13.1 Å². The third-order valence-electron chi connectivity index (χ3n) is 4.44. The molecule has 1 fully saturated rings. The minimum Gasteiger partial charge on any atom is -0.352 e. The van der Waals surface area contributed by atoms with Crippen molar-refractivity contribution in [1.82, 2.24) is 19.5 Å². The van der Waals surface area contributed by atoms with Crippen molar-refractivity contribution in [2.75, 3.05) is 11.9 Å². The maximum Gasteiger partial charge on any atom is 0.132 e. The molecule has 1 aliphatic carbocycles. The predicted octanol–water partition coefficient (Wildman–Crippen LogP) is 3.24. The molecule has 2 aromatic heterocycles. The van der Waals surface area contributed by atoms with Crippen LogP contribution in [0.15, 0.2) is 55.1 Å². The van der Waals surface area contributed by atoms with Crippen molar-refractivity contribution in [3.8, 4) is 0 Å². The number of benzene rings is 1. The maximum atomic E-state index is 4.53. The summed E-state index contributed by atoms with van der Waals surface area (Å²) in [6, 6.07) is 12.6. The fraction of sp³-hybridized carbons (Fsp3) is 0.316. The minimum atomic E-state index is 0.639. The van der Waals surface area contributed by atoms with Crippen molar-refractivity contribution in [3.05, 3.63) is 72.2 Å². The Morgan fingerprint density at radius 2 is 1.96 bits per heavy atom. The van der Waals surface area contributed by atoms with Crippen LogP contribution in [0.25, 0.3) is 0 Å². The first kappa shape index (κ1) is 14.9. The maximum absolute atomic E-state index is 4.53. The first-order valence-corrected chi connectivity index (χ1v) is 8.36. The van der Waals surface area contributed by atoms with E-state index in [1.807, 2.05) is 18.5 Å². The fourth-order valence-electron chi connectivity index (χ4n) is 2.88. The summed E-state index contributed by atoms with van der Waals surface area (Å²) in [6.45, 7) is 1.56. The van der Waals surface area contributed by atoms with Gasteiger partial charge in [0.2, 0.25) is 0 Å². The van der Waals surface area contributed by atoms with Gasteiger partial charge in [0.15, 0.2) is 0 Å². The summed E-state index contributed by atoms with van der Waals surface area (Å²) >= 11 is 0. The van der Waals surface area contributed by atoms with Crippen LogP contribution in [0.5, 0.6) is 0 Å². The van der Waals surface area contributed by atoms with Crippen molar-refractivity contribution >= 4 is 5.82 Å². The lowest BCUT2D eigenvalue weighted by atomic mass is 10.2. The number of rotatable bonds is 6. The van der Waals surface area contributed by atoms with Crippen LogP contribution in [0.2, 0.25) is 0 Å². The van der Waals surface area contributed by atoms with E-state index in [-0.39, 0.29) is 0 Å². The Labute approximate surface area is 142 Å². The van der Waals surface area contributed by atoms with E-state index >= 15 is 0 Å². The van der Waals surface area contributed by atoms with Gasteiger partial charge in [-0.25, -0.2) is 15.0 Å². The summed E-state index contributed by atoms with van der Waals surface area (Å²) in [5.41, 5.74) is 2.44. The molecule has 5 nitrogen and oxygen atoms in total. The Hall–Kier alpha value is -2.69. The number of anilines is 1. The molecule has 0 radical (unpaired) electrons. The highest BCUT2D eigenvalue weighted by Gasteiger charge is 2.25. The summed E-state index contributed by atoms with van der Waals surface area (Å²) in [7, 11) is 2.06. The van der Waals surface area contributed by atoms with Crippen LogP contribution < -0.4 is 4.90 Å². The van der Waals surface area contributed by atoms with Crippen LogP contribution in [-0.4, -0.2) is 26.6 Å². The van der Waals surface area contributed by atoms with Crippen molar-refractivity contribution in [2.45, 2.75) is 31.8 Å². The topological polar surface area (TPSA) is 46.8 Å². The van der Waals surface area contributed by atoms with Crippen LogP contribution in [0, 0.1) is 0 Å². The molecule has 5 heteroatoms. The zero-order chi connectivity index (χ0) is 16.4. The molecular weight excluding hydrogens is 298 g/mol. The van der Waals surface area contributed by atoms with Crippen LogP contribution >= 0.6 is 0 Å². The molecule has 0 atom stereocenters. The molecule has 1 aromatic carbocycles. The van der Waals surface area contributed by atoms with Gasteiger partial charge in [-0.1, -0.05) is 30.3 Å². The Morgan fingerprint density at radius 1 is 1.12 bits per heavy atom. The van der Waals surface area contributed by atoms with Crippen molar-refractivity contribution in [3.63, 3.8) is 0 Å². The zero-order valence-corrected chi connectivity index (χ0v) is 13.8. The molecule has 122 valence electrons. The molecule has 24 heavy (non-hydrogen) atoms. The molecule has 0 unspecified atom stereocenters. The first-order valence-electron chi connectivity index (χ1n) is 8.36. The molecule has 4 rings (SSSR count). The summed E-state index contributed by atoms with van der Waals surface area (Å²) in [5, 5.41) is 0. The second-order valence-corrected chi connectivity index (χ2v) is 6.39. The third-order valence-corrected chi connectivity index (χ3v) is 4.44. The molecule has 0 aliphatic heterocycles. The summed E-state index contributed by atoms with van der Waals surface area (Å²) < 4.78 is 2.19. The van der Waals surface area contributed by atoms with Gasteiger partial charge in [0.25, 0.3) is 0 Å². The number of hydrogen-bond acceptors (Lipinski definition) is 4. The summed E-state index contributed by atoms with van der Waals surface area (Å²) in [6.07, 6.45) is 8.08. The van der Waals surface area contributed by atoms with Crippen LogP contribution in [0.4, 0.5) is 5.82 Å². The second-order valence-electron chi connectivity index (χ2n) is 6.39. The Bertz CT molecular complexity index is 807. The van der Waals surface area contributed by atoms with Gasteiger partial charge in [0, 0.05) is 43.7 Å². The average Bonchev–Trinajstić information content (AvgIpc) is 3.39. The first-order chi connectivity index (χ1) is 11.8. The highest BCUT2D eigenvalue weighted by molar-refractivity contribution is 5.39. The third kappa shape index (κ3) is 3.30. The monoisotopic (exact) mass is 319 g/mol. The Balaban J connectivity index is 1.49. The highest BCUT2D eigenvalue weighted by Crippen LogP contribution is 2.39. The molecule has 0 amide bonds. The minimum absolute atomic E-state index is 0.639. The highest BCUT2D eigenvalue weighted by atomic mass is 15.2. The molecule has 2 heterocycles. The average molecular weight is 319 g/mol. The number of nitrogens with zero attached hydrogens (tertiary/aromatic N) is 5. The summed E-state index contributed by atoms with van der Waals surface area (Å²) in [4.78, 5) is 15.5. The molecule has 1 saturated carbocycles. The molecule has 0 spiro atoms. The molecule has 0 bridgehead atoms. The second kappa shape index (κ2) is 6.43. The van der Waals surface area contributed by atoms with E-state index in [0.29, 0.717) is 5.92 Å². The zero-order valence-electron chi connectivity index (χ0n) is 13.8. The van der Waals surface area contributed by atoms with Gasteiger partial charge < -0.3 is 9.47 Å². The largest absolute Gasteiger partial charge is 0.352 e. The number of hydrogen-bond donors (Lipinski definition) is 0.